The minimum absolute atomic E-state index is 0.104. The minimum Gasteiger partial charge on any atom is -0.476 e. The first-order valence-corrected chi connectivity index (χ1v) is 11.0. The van der Waals surface area contributed by atoms with E-state index in [0.29, 0.717) is 41.2 Å². The Labute approximate surface area is 201 Å². The second-order valence-corrected chi connectivity index (χ2v) is 8.57. The first-order chi connectivity index (χ1) is 16.6. The van der Waals surface area contributed by atoms with Crippen molar-refractivity contribution in [2.45, 2.75) is 45.4 Å². The molecule has 4 rings (SSSR count). The molecule has 0 aliphatic heterocycles. The number of aliphatic hydroxyl groups is 1. The van der Waals surface area contributed by atoms with E-state index in [1.54, 1.807) is 26.0 Å². The van der Waals surface area contributed by atoms with Crippen molar-refractivity contribution in [3.63, 3.8) is 0 Å². The molecule has 0 bridgehead atoms. The van der Waals surface area contributed by atoms with E-state index < -0.39 is 11.6 Å². The minimum atomic E-state index is -1.24. The molecule has 3 heterocycles. The number of imidazole rings is 1. The largest absolute Gasteiger partial charge is 0.476 e. The smallest absolute Gasteiger partial charge is 0.216 e. The van der Waals surface area contributed by atoms with Crippen molar-refractivity contribution in [2.24, 2.45) is 5.73 Å². The summed E-state index contributed by atoms with van der Waals surface area (Å²) in [6, 6.07) is 7.61. The quantitative estimate of drug-likeness (QED) is 0.339. The monoisotopic (exact) mass is 479 g/mol. The van der Waals surface area contributed by atoms with Gasteiger partial charge in [0.25, 0.3) is 0 Å². The van der Waals surface area contributed by atoms with E-state index in [2.05, 4.69) is 32.1 Å². The summed E-state index contributed by atoms with van der Waals surface area (Å²) >= 11 is 0. The summed E-state index contributed by atoms with van der Waals surface area (Å²) in [6.07, 6.45) is 0.431. The van der Waals surface area contributed by atoms with Crippen LogP contribution in [0, 0.1) is 17.7 Å². The fourth-order valence-electron chi connectivity index (χ4n) is 3.54. The second-order valence-electron chi connectivity index (χ2n) is 8.57. The SMILES string of the molecule is CCn1c(-c2nonc2N)nc2c(C#CC(C)(C)O)nc(OC[C@H](N)Cc3cccc(F)c3)cc21. The van der Waals surface area contributed by atoms with Gasteiger partial charge in [-0.2, -0.15) is 0 Å². The van der Waals surface area contributed by atoms with Gasteiger partial charge in [0.05, 0.1) is 5.52 Å². The molecule has 10 nitrogen and oxygen atoms in total. The molecule has 35 heavy (non-hydrogen) atoms. The maximum absolute atomic E-state index is 13.5. The molecule has 4 aromatic rings. The van der Waals surface area contributed by atoms with Crippen LogP contribution in [0.3, 0.4) is 0 Å². The van der Waals surface area contributed by atoms with Crippen LogP contribution in [0.4, 0.5) is 10.2 Å². The molecule has 0 unspecified atom stereocenters. The molecule has 0 radical (unpaired) electrons. The molecule has 11 heteroatoms. The zero-order valence-corrected chi connectivity index (χ0v) is 19.6. The van der Waals surface area contributed by atoms with Crippen LogP contribution < -0.4 is 16.2 Å². The summed E-state index contributed by atoms with van der Waals surface area (Å²) in [6.45, 7) is 5.74. The lowest BCUT2D eigenvalue weighted by Gasteiger charge is -2.14. The highest BCUT2D eigenvalue weighted by Gasteiger charge is 2.22. The summed E-state index contributed by atoms with van der Waals surface area (Å²) in [5, 5.41) is 17.6. The molecular formula is C24H26FN7O3. The number of anilines is 1. The Morgan fingerprint density at radius 2 is 2.06 bits per heavy atom. The van der Waals surface area contributed by atoms with Crippen molar-refractivity contribution in [3.8, 4) is 29.2 Å². The van der Waals surface area contributed by atoms with Gasteiger partial charge in [0.2, 0.25) is 5.88 Å². The van der Waals surface area contributed by atoms with E-state index >= 15 is 0 Å². The highest BCUT2D eigenvalue weighted by Crippen LogP contribution is 2.30. The van der Waals surface area contributed by atoms with Gasteiger partial charge < -0.3 is 25.9 Å². The Balaban J connectivity index is 1.70. The average molecular weight is 480 g/mol. The van der Waals surface area contributed by atoms with Crippen LogP contribution in [0.25, 0.3) is 22.6 Å². The number of halogens is 1. The maximum Gasteiger partial charge on any atom is 0.216 e. The fraction of sp³-hybridized carbons (Fsp3) is 0.333. The van der Waals surface area contributed by atoms with Gasteiger partial charge in [-0.1, -0.05) is 18.1 Å². The number of ether oxygens (including phenoxy) is 1. The Kier molecular flexibility index (Phi) is 6.68. The van der Waals surface area contributed by atoms with Crippen molar-refractivity contribution in [3.05, 3.63) is 47.4 Å². The molecule has 0 aliphatic rings. The van der Waals surface area contributed by atoms with Crippen molar-refractivity contribution in [2.75, 3.05) is 12.3 Å². The van der Waals surface area contributed by atoms with Gasteiger partial charge >= 0.3 is 0 Å². The Hall–Kier alpha value is -4.01. The van der Waals surface area contributed by atoms with E-state index in [1.165, 1.54) is 12.1 Å². The maximum atomic E-state index is 13.5. The predicted octanol–water partition coefficient (Wildman–Crippen LogP) is 2.29. The van der Waals surface area contributed by atoms with Gasteiger partial charge in [-0.05, 0) is 61.1 Å². The molecule has 0 saturated heterocycles. The van der Waals surface area contributed by atoms with E-state index in [9.17, 15) is 9.50 Å². The predicted molar refractivity (Wildman–Crippen MR) is 128 cm³/mol. The number of rotatable bonds is 7. The summed E-state index contributed by atoms with van der Waals surface area (Å²) in [5.41, 5.74) is 13.4. The highest BCUT2D eigenvalue weighted by molar-refractivity contribution is 5.86. The number of nitrogen functional groups attached to an aromatic ring is 1. The van der Waals surface area contributed by atoms with Crippen LogP contribution in [0.15, 0.2) is 35.0 Å². The molecule has 3 aromatic heterocycles. The molecule has 0 saturated carbocycles. The van der Waals surface area contributed by atoms with Crippen LogP contribution >= 0.6 is 0 Å². The molecule has 1 atom stereocenters. The number of hydrogen-bond donors (Lipinski definition) is 3. The number of hydrogen-bond acceptors (Lipinski definition) is 9. The van der Waals surface area contributed by atoms with E-state index in [-0.39, 0.29) is 24.1 Å². The van der Waals surface area contributed by atoms with Crippen LogP contribution in [0.5, 0.6) is 5.88 Å². The van der Waals surface area contributed by atoms with Crippen LogP contribution in [0.2, 0.25) is 0 Å². The zero-order valence-electron chi connectivity index (χ0n) is 19.6. The first-order valence-electron chi connectivity index (χ1n) is 11.0. The lowest BCUT2D eigenvalue weighted by molar-refractivity contribution is 0.143. The van der Waals surface area contributed by atoms with Crippen molar-refractivity contribution < 1.29 is 18.9 Å². The number of benzene rings is 1. The van der Waals surface area contributed by atoms with E-state index in [4.69, 9.17) is 20.8 Å². The van der Waals surface area contributed by atoms with Crippen LogP contribution in [-0.2, 0) is 13.0 Å². The third-order valence-corrected chi connectivity index (χ3v) is 5.07. The van der Waals surface area contributed by atoms with Gasteiger partial charge in [0.1, 0.15) is 29.2 Å². The molecule has 5 N–H and O–H groups in total. The van der Waals surface area contributed by atoms with Gasteiger partial charge in [-0.15, -0.1) is 0 Å². The highest BCUT2D eigenvalue weighted by atomic mass is 19.1. The molecule has 1 aromatic carbocycles. The summed E-state index contributed by atoms with van der Waals surface area (Å²) < 4.78 is 26.0. The Morgan fingerprint density at radius 1 is 1.26 bits per heavy atom. The third kappa shape index (κ3) is 5.56. The number of fused-ring (bicyclic) bond motifs is 1. The van der Waals surface area contributed by atoms with E-state index in [0.717, 1.165) is 5.56 Å². The summed E-state index contributed by atoms with van der Waals surface area (Å²) in [5.74, 6) is 6.16. The molecular weight excluding hydrogens is 453 g/mol. The third-order valence-electron chi connectivity index (χ3n) is 5.07. The summed E-state index contributed by atoms with van der Waals surface area (Å²) in [7, 11) is 0. The number of aromatic nitrogens is 5. The lowest BCUT2D eigenvalue weighted by atomic mass is 10.1. The first kappa shape index (κ1) is 24.1. The van der Waals surface area contributed by atoms with Gasteiger partial charge in [0.15, 0.2) is 17.3 Å². The molecule has 0 spiro atoms. The van der Waals surface area contributed by atoms with Gasteiger partial charge in [-0.25, -0.2) is 19.0 Å². The zero-order chi connectivity index (χ0) is 25.2. The average Bonchev–Trinajstić information content (AvgIpc) is 3.38. The molecule has 182 valence electrons. The second kappa shape index (κ2) is 9.69. The molecule has 0 aliphatic carbocycles. The van der Waals surface area contributed by atoms with Gasteiger partial charge in [-0.3, -0.25) is 0 Å². The van der Waals surface area contributed by atoms with Crippen molar-refractivity contribution in [1.29, 1.82) is 0 Å². The number of aryl methyl sites for hydroxylation is 1. The summed E-state index contributed by atoms with van der Waals surface area (Å²) in [4.78, 5) is 9.15. The number of nitrogens with two attached hydrogens (primary N) is 2. The Morgan fingerprint density at radius 3 is 2.71 bits per heavy atom. The standard InChI is InChI=1S/C24H26FN7O3/c1-4-32-18-12-19(34-13-16(26)11-14-6-5-7-15(25)10-14)28-17(8-9-24(2,3)33)20(18)29-23(32)21-22(27)31-35-30-21/h5-7,10,12,16,33H,4,11,13,26H2,1-3H3,(H2,27,31)/t16-/m1/s1. The van der Waals surface area contributed by atoms with Crippen LogP contribution in [0.1, 0.15) is 32.0 Å². The number of pyridine rings is 1. The van der Waals surface area contributed by atoms with Crippen molar-refractivity contribution >= 4 is 16.9 Å². The number of nitrogens with zero attached hydrogens (tertiary/aromatic N) is 5. The Bertz CT molecular complexity index is 1410. The van der Waals surface area contributed by atoms with E-state index in [1.807, 2.05) is 17.6 Å². The molecule has 0 fully saturated rings. The lowest BCUT2D eigenvalue weighted by Crippen LogP contribution is -2.30. The topological polar surface area (TPSA) is 151 Å². The normalized spacial score (nSPS) is 12.4. The fourth-order valence-corrected chi connectivity index (χ4v) is 3.54. The van der Waals surface area contributed by atoms with Gasteiger partial charge in [0, 0.05) is 18.7 Å². The van der Waals surface area contributed by atoms with Crippen molar-refractivity contribution in [1.82, 2.24) is 24.8 Å². The van der Waals surface area contributed by atoms with Crippen LogP contribution in [-0.4, -0.2) is 48.2 Å². The molecule has 0 amide bonds.